The van der Waals surface area contributed by atoms with E-state index in [-0.39, 0.29) is 23.4 Å². The number of hydrogen-bond donors (Lipinski definition) is 1. The van der Waals surface area contributed by atoms with Gasteiger partial charge in [-0.2, -0.15) is 0 Å². The summed E-state index contributed by atoms with van der Waals surface area (Å²) >= 11 is 0. The van der Waals surface area contributed by atoms with Crippen LogP contribution in [0.1, 0.15) is 29.6 Å². The second kappa shape index (κ2) is 5.28. The van der Waals surface area contributed by atoms with Gasteiger partial charge in [0.1, 0.15) is 17.6 Å². The molecular weight excluding hydrogens is 278 g/mol. The SMILES string of the molecule is O=C(O)c1cc([N+](=O)[O-])cnc1N1CCOC2CCCC21. The Kier molecular flexibility index (Phi) is 3.46. The van der Waals surface area contributed by atoms with Gasteiger partial charge in [0.25, 0.3) is 5.69 Å². The van der Waals surface area contributed by atoms with Crippen LogP contribution in [0.3, 0.4) is 0 Å². The minimum absolute atomic E-state index is 0.0948. The summed E-state index contributed by atoms with van der Waals surface area (Å²) in [7, 11) is 0. The molecule has 8 heteroatoms. The van der Waals surface area contributed by atoms with E-state index >= 15 is 0 Å². The van der Waals surface area contributed by atoms with Crippen LogP contribution >= 0.6 is 0 Å². The summed E-state index contributed by atoms with van der Waals surface area (Å²) in [6.07, 6.45) is 4.11. The van der Waals surface area contributed by atoms with E-state index in [9.17, 15) is 20.0 Å². The first kappa shape index (κ1) is 13.7. The van der Waals surface area contributed by atoms with Crippen LogP contribution in [-0.4, -0.2) is 46.3 Å². The number of nitrogens with zero attached hydrogens (tertiary/aromatic N) is 3. The van der Waals surface area contributed by atoms with E-state index in [2.05, 4.69) is 4.98 Å². The molecule has 1 aliphatic carbocycles. The lowest BCUT2D eigenvalue weighted by molar-refractivity contribution is -0.385. The number of carboxylic acid groups (broad SMARTS) is 1. The maximum atomic E-state index is 11.4. The van der Waals surface area contributed by atoms with Gasteiger partial charge in [0.05, 0.1) is 23.7 Å². The summed E-state index contributed by atoms with van der Waals surface area (Å²) < 4.78 is 5.69. The highest BCUT2D eigenvalue weighted by Gasteiger charge is 2.38. The molecule has 0 amide bonds. The van der Waals surface area contributed by atoms with Crippen LogP contribution in [0.15, 0.2) is 12.3 Å². The number of fused-ring (bicyclic) bond motifs is 1. The first-order chi connectivity index (χ1) is 10.1. The van der Waals surface area contributed by atoms with Crippen molar-refractivity contribution in [3.63, 3.8) is 0 Å². The number of morpholine rings is 1. The Morgan fingerprint density at radius 1 is 1.52 bits per heavy atom. The molecule has 0 spiro atoms. The number of carbonyl (C=O) groups is 1. The molecule has 112 valence electrons. The van der Waals surface area contributed by atoms with Crippen LogP contribution in [0, 0.1) is 10.1 Å². The summed E-state index contributed by atoms with van der Waals surface area (Å²) in [6, 6.07) is 1.18. The maximum absolute atomic E-state index is 11.4. The normalized spacial score (nSPS) is 24.7. The molecule has 0 bridgehead atoms. The second-order valence-electron chi connectivity index (χ2n) is 5.23. The second-order valence-corrected chi connectivity index (χ2v) is 5.23. The maximum Gasteiger partial charge on any atom is 0.339 e. The van der Waals surface area contributed by atoms with Gasteiger partial charge in [-0.3, -0.25) is 10.1 Å². The van der Waals surface area contributed by atoms with Crippen molar-refractivity contribution in [1.82, 2.24) is 4.98 Å². The molecule has 2 unspecified atom stereocenters. The first-order valence-corrected chi connectivity index (χ1v) is 6.84. The first-order valence-electron chi connectivity index (χ1n) is 6.84. The molecule has 3 rings (SSSR count). The number of aromatic nitrogens is 1. The van der Waals surface area contributed by atoms with E-state index in [0.717, 1.165) is 31.5 Å². The molecule has 1 aromatic rings. The predicted molar refractivity (Wildman–Crippen MR) is 72.6 cm³/mol. The Labute approximate surface area is 120 Å². The zero-order valence-electron chi connectivity index (χ0n) is 11.3. The van der Waals surface area contributed by atoms with Crippen molar-refractivity contribution < 1.29 is 19.6 Å². The zero-order chi connectivity index (χ0) is 15.0. The molecule has 2 atom stereocenters. The fourth-order valence-corrected chi connectivity index (χ4v) is 3.12. The molecule has 2 fully saturated rings. The topological polar surface area (TPSA) is 106 Å². The van der Waals surface area contributed by atoms with Crippen molar-refractivity contribution in [1.29, 1.82) is 0 Å². The van der Waals surface area contributed by atoms with Gasteiger partial charge in [-0.05, 0) is 19.3 Å². The Morgan fingerprint density at radius 3 is 3.05 bits per heavy atom. The van der Waals surface area contributed by atoms with Crippen LogP contribution in [-0.2, 0) is 4.74 Å². The number of hydrogen-bond acceptors (Lipinski definition) is 6. The Balaban J connectivity index is 2.00. The standard InChI is InChI=1S/C13H15N3O5/c17-13(18)9-6-8(16(19)20)7-14-12(9)15-4-5-21-11-3-1-2-10(11)15/h6-7,10-11H,1-5H2,(H,17,18). The van der Waals surface area contributed by atoms with Crippen LogP contribution < -0.4 is 4.90 Å². The van der Waals surface area contributed by atoms with Gasteiger partial charge in [0.2, 0.25) is 0 Å². The van der Waals surface area contributed by atoms with E-state index in [1.165, 1.54) is 0 Å². The Hall–Kier alpha value is -2.22. The highest BCUT2D eigenvalue weighted by Crippen LogP contribution is 2.34. The number of rotatable bonds is 3. The summed E-state index contributed by atoms with van der Waals surface area (Å²) in [6.45, 7) is 1.06. The van der Waals surface area contributed by atoms with Crippen molar-refractivity contribution >= 4 is 17.5 Å². The lowest BCUT2D eigenvalue weighted by Crippen LogP contribution is -2.49. The van der Waals surface area contributed by atoms with Crippen LogP contribution in [0.2, 0.25) is 0 Å². The fraction of sp³-hybridized carbons (Fsp3) is 0.538. The van der Waals surface area contributed by atoms with Gasteiger partial charge in [-0.1, -0.05) is 0 Å². The monoisotopic (exact) mass is 293 g/mol. The highest BCUT2D eigenvalue weighted by atomic mass is 16.6. The molecule has 0 radical (unpaired) electrons. The molecule has 1 saturated carbocycles. The van der Waals surface area contributed by atoms with Crippen LogP contribution in [0.5, 0.6) is 0 Å². The minimum atomic E-state index is -1.21. The van der Waals surface area contributed by atoms with Crippen molar-refractivity contribution in [2.75, 3.05) is 18.1 Å². The molecule has 0 aromatic carbocycles. The molecule has 1 N–H and O–H groups in total. The van der Waals surface area contributed by atoms with Crippen LogP contribution in [0.25, 0.3) is 0 Å². The number of nitro groups is 1. The van der Waals surface area contributed by atoms with Crippen molar-refractivity contribution in [2.45, 2.75) is 31.4 Å². The molecular formula is C13H15N3O5. The molecule has 1 aromatic heterocycles. The smallest absolute Gasteiger partial charge is 0.339 e. The van der Waals surface area contributed by atoms with E-state index < -0.39 is 10.9 Å². The predicted octanol–water partition coefficient (Wildman–Crippen LogP) is 1.45. The van der Waals surface area contributed by atoms with Gasteiger partial charge in [0.15, 0.2) is 0 Å². The molecule has 1 aliphatic heterocycles. The number of aromatic carboxylic acids is 1. The summed E-state index contributed by atoms with van der Waals surface area (Å²) in [5.74, 6) is -0.907. The van der Waals surface area contributed by atoms with Crippen molar-refractivity contribution in [3.8, 4) is 0 Å². The lowest BCUT2D eigenvalue weighted by atomic mass is 10.1. The van der Waals surface area contributed by atoms with Gasteiger partial charge < -0.3 is 14.7 Å². The number of ether oxygens (including phenoxy) is 1. The van der Waals surface area contributed by atoms with Gasteiger partial charge >= 0.3 is 5.97 Å². The third-order valence-electron chi connectivity index (χ3n) is 4.05. The van der Waals surface area contributed by atoms with E-state index in [4.69, 9.17) is 4.74 Å². The number of pyridine rings is 1. The summed E-state index contributed by atoms with van der Waals surface area (Å²) in [5.41, 5.74) is -0.441. The van der Waals surface area contributed by atoms with Gasteiger partial charge in [-0.15, -0.1) is 0 Å². The third-order valence-corrected chi connectivity index (χ3v) is 4.05. The zero-order valence-corrected chi connectivity index (χ0v) is 11.3. The molecule has 8 nitrogen and oxygen atoms in total. The largest absolute Gasteiger partial charge is 0.478 e. The summed E-state index contributed by atoms with van der Waals surface area (Å²) in [5, 5.41) is 20.1. The fourth-order valence-electron chi connectivity index (χ4n) is 3.12. The minimum Gasteiger partial charge on any atom is -0.478 e. The number of anilines is 1. The molecule has 2 heterocycles. The van der Waals surface area contributed by atoms with E-state index in [1.54, 1.807) is 0 Å². The summed E-state index contributed by atoms with van der Waals surface area (Å²) in [4.78, 5) is 27.5. The lowest BCUT2D eigenvalue weighted by Gasteiger charge is -2.38. The van der Waals surface area contributed by atoms with Crippen molar-refractivity contribution in [2.24, 2.45) is 0 Å². The average molecular weight is 293 g/mol. The average Bonchev–Trinajstić information content (AvgIpc) is 2.94. The number of carboxylic acids is 1. The van der Waals surface area contributed by atoms with Gasteiger partial charge in [0, 0.05) is 12.6 Å². The van der Waals surface area contributed by atoms with E-state index in [0.29, 0.717) is 19.0 Å². The van der Waals surface area contributed by atoms with Gasteiger partial charge in [-0.25, -0.2) is 9.78 Å². The Morgan fingerprint density at radius 2 is 2.33 bits per heavy atom. The molecule has 21 heavy (non-hydrogen) atoms. The molecule has 1 saturated heterocycles. The quantitative estimate of drug-likeness (QED) is 0.664. The third kappa shape index (κ3) is 2.42. The molecule has 2 aliphatic rings. The highest BCUT2D eigenvalue weighted by molar-refractivity contribution is 5.94. The Bertz CT molecular complexity index is 591. The van der Waals surface area contributed by atoms with E-state index in [1.807, 2.05) is 4.90 Å². The van der Waals surface area contributed by atoms with Crippen LogP contribution in [0.4, 0.5) is 11.5 Å². The van der Waals surface area contributed by atoms with Crippen molar-refractivity contribution in [3.05, 3.63) is 27.9 Å².